The highest BCUT2D eigenvalue weighted by Crippen LogP contribution is 2.19. The lowest BCUT2D eigenvalue weighted by atomic mass is 10.1. The number of aromatic hydroxyl groups is 1. The molecule has 1 N–H and O–H groups in total. The van der Waals surface area contributed by atoms with E-state index < -0.39 is 5.82 Å². The first-order valence-corrected chi connectivity index (χ1v) is 6.08. The summed E-state index contributed by atoms with van der Waals surface area (Å²) in [5, 5.41) is 18.2. The van der Waals surface area contributed by atoms with Gasteiger partial charge in [-0.05, 0) is 32.0 Å². The van der Waals surface area contributed by atoms with Gasteiger partial charge in [0.2, 0.25) is 0 Å². The van der Waals surface area contributed by atoms with E-state index >= 15 is 0 Å². The fourth-order valence-electron chi connectivity index (χ4n) is 1.71. The van der Waals surface area contributed by atoms with E-state index in [0.717, 1.165) is 18.2 Å². The number of phenols is 1. The van der Waals surface area contributed by atoms with Gasteiger partial charge in [-0.15, -0.1) is 0 Å². The van der Waals surface area contributed by atoms with Crippen molar-refractivity contribution in [1.29, 1.82) is 5.26 Å². The van der Waals surface area contributed by atoms with E-state index in [0.29, 0.717) is 13.0 Å². The SMILES string of the molecule is CC(C)N(CCC#N)CC(=O)c1cc(F)ccc1O. The summed E-state index contributed by atoms with van der Waals surface area (Å²) in [7, 11) is 0. The summed E-state index contributed by atoms with van der Waals surface area (Å²) in [5.41, 5.74) is -0.0254. The van der Waals surface area contributed by atoms with Crippen LogP contribution >= 0.6 is 0 Å². The summed E-state index contributed by atoms with van der Waals surface area (Å²) in [6.45, 7) is 4.35. The van der Waals surface area contributed by atoms with Gasteiger partial charge in [0.1, 0.15) is 11.6 Å². The Balaban J connectivity index is 2.82. The second kappa shape index (κ2) is 6.86. The van der Waals surface area contributed by atoms with Crippen molar-refractivity contribution < 1.29 is 14.3 Å². The number of carbonyl (C=O) groups excluding carboxylic acids is 1. The summed E-state index contributed by atoms with van der Waals surface area (Å²) in [6.07, 6.45) is 0.320. The minimum absolute atomic E-state index is 0.0254. The smallest absolute Gasteiger partial charge is 0.180 e. The first-order chi connectivity index (χ1) is 8.95. The molecule has 0 aliphatic heterocycles. The average molecular weight is 264 g/mol. The van der Waals surface area contributed by atoms with Crippen molar-refractivity contribution in [3.63, 3.8) is 0 Å². The molecule has 0 amide bonds. The molecule has 1 rings (SSSR count). The highest BCUT2D eigenvalue weighted by Gasteiger charge is 2.18. The van der Waals surface area contributed by atoms with Crippen LogP contribution in [-0.2, 0) is 0 Å². The quantitative estimate of drug-likeness (QED) is 0.801. The average Bonchev–Trinajstić information content (AvgIpc) is 2.36. The normalized spacial score (nSPS) is 10.7. The van der Waals surface area contributed by atoms with Crippen LogP contribution in [0.3, 0.4) is 0 Å². The number of halogens is 1. The number of phenolic OH excluding ortho intramolecular Hbond substituents is 1. The Morgan fingerprint density at radius 3 is 2.79 bits per heavy atom. The molecule has 5 heteroatoms. The van der Waals surface area contributed by atoms with Crippen LogP contribution in [0.25, 0.3) is 0 Å². The van der Waals surface area contributed by atoms with E-state index in [9.17, 15) is 14.3 Å². The van der Waals surface area contributed by atoms with Crippen molar-refractivity contribution in [2.75, 3.05) is 13.1 Å². The van der Waals surface area contributed by atoms with Crippen LogP contribution in [0.1, 0.15) is 30.6 Å². The van der Waals surface area contributed by atoms with Gasteiger partial charge in [0.25, 0.3) is 0 Å². The van der Waals surface area contributed by atoms with E-state index in [-0.39, 0.29) is 29.7 Å². The fraction of sp³-hybridized carbons (Fsp3) is 0.429. The number of ketones is 1. The lowest BCUT2D eigenvalue weighted by Crippen LogP contribution is -2.36. The predicted octanol–water partition coefficient (Wildman–Crippen LogP) is 2.34. The van der Waals surface area contributed by atoms with E-state index in [1.165, 1.54) is 0 Å². The maximum Gasteiger partial charge on any atom is 0.180 e. The second-order valence-electron chi connectivity index (χ2n) is 4.56. The van der Waals surface area contributed by atoms with Crippen LogP contribution < -0.4 is 0 Å². The Hall–Kier alpha value is -1.93. The zero-order valence-electron chi connectivity index (χ0n) is 11.1. The molecule has 4 nitrogen and oxygen atoms in total. The third-order valence-corrected chi connectivity index (χ3v) is 2.85. The molecule has 0 aliphatic carbocycles. The van der Waals surface area contributed by atoms with Gasteiger partial charge in [0.15, 0.2) is 5.78 Å². The van der Waals surface area contributed by atoms with Crippen molar-refractivity contribution >= 4 is 5.78 Å². The Labute approximate surface area is 112 Å². The van der Waals surface area contributed by atoms with Gasteiger partial charge in [-0.1, -0.05) is 0 Å². The topological polar surface area (TPSA) is 64.3 Å². The molecule has 0 aliphatic rings. The Bertz CT molecular complexity index is 495. The molecule has 0 bridgehead atoms. The number of Topliss-reactive ketones (excluding diaryl/α,β-unsaturated/α-hetero) is 1. The first-order valence-electron chi connectivity index (χ1n) is 6.08. The largest absolute Gasteiger partial charge is 0.507 e. The Morgan fingerprint density at radius 1 is 1.53 bits per heavy atom. The zero-order chi connectivity index (χ0) is 14.4. The number of hydrogen-bond donors (Lipinski definition) is 1. The van der Waals surface area contributed by atoms with Crippen LogP contribution in [-0.4, -0.2) is 34.9 Å². The zero-order valence-corrected chi connectivity index (χ0v) is 11.1. The van der Waals surface area contributed by atoms with Gasteiger partial charge in [-0.2, -0.15) is 5.26 Å². The molecule has 102 valence electrons. The van der Waals surface area contributed by atoms with Gasteiger partial charge in [0, 0.05) is 19.0 Å². The highest BCUT2D eigenvalue weighted by atomic mass is 19.1. The first kappa shape index (κ1) is 15.1. The summed E-state index contributed by atoms with van der Waals surface area (Å²) >= 11 is 0. The standard InChI is InChI=1S/C14H17FN2O2/c1-10(2)17(7-3-6-16)9-14(19)12-8-11(15)4-5-13(12)18/h4-5,8,10,18H,3,7,9H2,1-2H3. The maximum atomic E-state index is 13.1. The molecule has 0 spiro atoms. The molecule has 0 radical (unpaired) electrons. The summed E-state index contributed by atoms with van der Waals surface area (Å²) < 4.78 is 13.1. The third-order valence-electron chi connectivity index (χ3n) is 2.85. The summed E-state index contributed by atoms with van der Waals surface area (Å²) in [5.74, 6) is -1.15. The number of benzene rings is 1. The number of carbonyl (C=O) groups is 1. The van der Waals surface area contributed by atoms with E-state index in [2.05, 4.69) is 0 Å². The Kier molecular flexibility index (Phi) is 5.46. The van der Waals surface area contributed by atoms with Crippen molar-refractivity contribution in [3.05, 3.63) is 29.6 Å². The van der Waals surface area contributed by atoms with E-state index in [1.807, 2.05) is 24.8 Å². The molecular weight excluding hydrogens is 247 g/mol. The molecule has 19 heavy (non-hydrogen) atoms. The summed E-state index contributed by atoms with van der Waals surface area (Å²) in [4.78, 5) is 13.9. The van der Waals surface area contributed by atoms with Gasteiger partial charge in [-0.25, -0.2) is 4.39 Å². The van der Waals surface area contributed by atoms with Crippen molar-refractivity contribution in [2.24, 2.45) is 0 Å². The van der Waals surface area contributed by atoms with Crippen LogP contribution in [0.15, 0.2) is 18.2 Å². The van der Waals surface area contributed by atoms with Crippen molar-refractivity contribution in [3.8, 4) is 11.8 Å². The monoisotopic (exact) mass is 264 g/mol. The van der Waals surface area contributed by atoms with Gasteiger partial charge < -0.3 is 5.11 Å². The third kappa shape index (κ3) is 4.34. The molecule has 0 heterocycles. The molecule has 0 aromatic heterocycles. The minimum Gasteiger partial charge on any atom is -0.507 e. The number of rotatable bonds is 6. The molecule has 1 aromatic rings. The lowest BCUT2D eigenvalue weighted by molar-refractivity contribution is 0.0905. The highest BCUT2D eigenvalue weighted by molar-refractivity contribution is 6.00. The van der Waals surface area contributed by atoms with Crippen LogP contribution in [0.4, 0.5) is 4.39 Å². The van der Waals surface area contributed by atoms with Gasteiger partial charge in [0.05, 0.1) is 18.2 Å². The number of hydrogen-bond acceptors (Lipinski definition) is 4. The van der Waals surface area contributed by atoms with E-state index in [1.54, 1.807) is 0 Å². The molecular formula is C14H17FN2O2. The van der Waals surface area contributed by atoms with Gasteiger partial charge >= 0.3 is 0 Å². The molecule has 0 fully saturated rings. The van der Waals surface area contributed by atoms with Crippen molar-refractivity contribution in [1.82, 2.24) is 4.90 Å². The molecule has 1 aromatic carbocycles. The molecule has 0 saturated carbocycles. The summed E-state index contributed by atoms with van der Waals surface area (Å²) in [6, 6.07) is 5.41. The fourth-order valence-corrected chi connectivity index (χ4v) is 1.71. The van der Waals surface area contributed by atoms with Gasteiger partial charge in [-0.3, -0.25) is 9.69 Å². The van der Waals surface area contributed by atoms with Crippen LogP contribution in [0.5, 0.6) is 5.75 Å². The van der Waals surface area contributed by atoms with Crippen molar-refractivity contribution in [2.45, 2.75) is 26.3 Å². The number of nitriles is 1. The lowest BCUT2D eigenvalue weighted by Gasteiger charge is -2.24. The molecule has 0 atom stereocenters. The maximum absolute atomic E-state index is 13.1. The molecule has 0 saturated heterocycles. The predicted molar refractivity (Wildman–Crippen MR) is 69.3 cm³/mol. The number of nitrogens with zero attached hydrogens (tertiary/aromatic N) is 2. The van der Waals surface area contributed by atoms with Crippen LogP contribution in [0, 0.1) is 17.1 Å². The minimum atomic E-state index is -0.561. The Morgan fingerprint density at radius 2 is 2.21 bits per heavy atom. The molecule has 0 unspecified atom stereocenters. The van der Waals surface area contributed by atoms with Crippen LogP contribution in [0.2, 0.25) is 0 Å². The van der Waals surface area contributed by atoms with E-state index in [4.69, 9.17) is 5.26 Å². The second-order valence-corrected chi connectivity index (χ2v) is 4.56.